The number of rotatable bonds is 6. The number of fused-ring (bicyclic) bond motifs is 1. The summed E-state index contributed by atoms with van der Waals surface area (Å²) in [7, 11) is 0. The van der Waals surface area contributed by atoms with E-state index in [4.69, 9.17) is 0 Å². The van der Waals surface area contributed by atoms with Gasteiger partial charge in [0, 0.05) is 24.8 Å². The first-order valence-electron chi connectivity index (χ1n) is 8.83. The third-order valence-corrected chi connectivity index (χ3v) is 5.12. The minimum atomic E-state index is -0.172. The van der Waals surface area contributed by atoms with Crippen LogP contribution in [0.3, 0.4) is 0 Å². The van der Waals surface area contributed by atoms with E-state index in [1.807, 2.05) is 50.2 Å². The van der Waals surface area contributed by atoms with Crippen molar-refractivity contribution < 1.29 is 4.79 Å². The first-order chi connectivity index (χ1) is 13.6. The summed E-state index contributed by atoms with van der Waals surface area (Å²) in [6.07, 6.45) is 1.49. The van der Waals surface area contributed by atoms with Crippen LogP contribution in [-0.4, -0.2) is 43.7 Å². The zero-order chi connectivity index (χ0) is 19.5. The van der Waals surface area contributed by atoms with E-state index < -0.39 is 0 Å². The van der Waals surface area contributed by atoms with E-state index in [1.165, 1.54) is 17.7 Å². The van der Waals surface area contributed by atoms with Gasteiger partial charge in [0.05, 0.1) is 15.9 Å². The van der Waals surface area contributed by atoms with Gasteiger partial charge in [0.2, 0.25) is 0 Å². The number of amides is 1. The van der Waals surface area contributed by atoms with Gasteiger partial charge in [0.25, 0.3) is 5.91 Å². The molecular formula is C19H19N7OS. The summed E-state index contributed by atoms with van der Waals surface area (Å²) >= 11 is 1.39. The number of aromatic nitrogens is 5. The lowest BCUT2D eigenvalue weighted by Gasteiger charge is -2.08. The summed E-state index contributed by atoms with van der Waals surface area (Å²) in [5, 5.41) is 11.0. The Kier molecular flexibility index (Phi) is 4.98. The number of anilines is 1. The van der Waals surface area contributed by atoms with E-state index in [9.17, 15) is 4.79 Å². The van der Waals surface area contributed by atoms with Crippen molar-refractivity contribution in [2.75, 3.05) is 18.4 Å². The van der Waals surface area contributed by atoms with Crippen LogP contribution in [0.1, 0.15) is 21.2 Å². The van der Waals surface area contributed by atoms with Crippen LogP contribution in [0.15, 0.2) is 42.7 Å². The molecule has 2 N–H and O–H groups in total. The molecule has 0 aliphatic rings. The van der Waals surface area contributed by atoms with Gasteiger partial charge in [-0.1, -0.05) is 12.1 Å². The third-order valence-electron chi connectivity index (χ3n) is 4.08. The number of carbonyl (C=O) groups is 1. The van der Waals surface area contributed by atoms with E-state index in [0.717, 1.165) is 21.6 Å². The summed E-state index contributed by atoms with van der Waals surface area (Å²) in [4.78, 5) is 25.1. The average Bonchev–Trinajstić information content (AvgIpc) is 3.28. The second-order valence-electron chi connectivity index (χ2n) is 6.27. The van der Waals surface area contributed by atoms with Gasteiger partial charge in [-0.15, -0.1) is 11.3 Å². The monoisotopic (exact) mass is 393 g/mol. The number of hydrogen-bond acceptors (Lipinski definition) is 7. The summed E-state index contributed by atoms with van der Waals surface area (Å²) < 4.78 is 2.78. The molecule has 0 bridgehead atoms. The molecule has 142 valence electrons. The Balaban J connectivity index is 1.33. The minimum absolute atomic E-state index is 0.172. The smallest absolute Gasteiger partial charge is 0.280 e. The number of nitrogens with one attached hydrogen (secondary N) is 2. The molecule has 0 radical (unpaired) electrons. The van der Waals surface area contributed by atoms with E-state index >= 15 is 0 Å². The number of hydrogen-bond donors (Lipinski definition) is 2. The fraction of sp³-hybridized carbons (Fsp3) is 0.211. The van der Waals surface area contributed by atoms with Crippen LogP contribution in [0.25, 0.3) is 16.0 Å². The highest BCUT2D eigenvalue weighted by Crippen LogP contribution is 2.21. The summed E-state index contributed by atoms with van der Waals surface area (Å²) in [5.74, 6) is 1.20. The molecule has 0 fully saturated rings. The van der Waals surface area contributed by atoms with E-state index in [-0.39, 0.29) is 5.91 Å². The topological polar surface area (TPSA) is 97.6 Å². The van der Waals surface area contributed by atoms with Crippen molar-refractivity contribution in [1.29, 1.82) is 0 Å². The number of carbonyl (C=O) groups excluding carboxylic acids is 1. The fourth-order valence-electron chi connectivity index (χ4n) is 2.83. The molecule has 1 aromatic carbocycles. The Morgan fingerprint density at radius 3 is 2.79 bits per heavy atom. The molecule has 4 aromatic rings. The molecule has 0 saturated carbocycles. The highest BCUT2D eigenvalue weighted by atomic mass is 32.1. The number of nitrogens with zero attached hydrogens (tertiary/aromatic N) is 5. The van der Waals surface area contributed by atoms with Crippen molar-refractivity contribution in [3.8, 4) is 5.82 Å². The van der Waals surface area contributed by atoms with E-state index in [0.29, 0.717) is 29.7 Å². The Bertz CT molecular complexity index is 1100. The largest absolute Gasteiger partial charge is 0.368 e. The minimum Gasteiger partial charge on any atom is -0.368 e. The van der Waals surface area contributed by atoms with Crippen LogP contribution < -0.4 is 10.6 Å². The lowest BCUT2D eigenvalue weighted by molar-refractivity contribution is 0.0955. The molecule has 3 heterocycles. The Morgan fingerprint density at radius 2 is 2.00 bits per heavy atom. The van der Waals surface area contributed by atoms with Gasteiger partial charge in [-0.2, -0.15) is 5.10 Å². The third kappa shape index (κ3) is 3.84. The maximum Gasteiger partial charge on any atom is 0.280 e. The molecule has 0 aliphatic carbocycles. The SMILES string of the molecule is Cc1cc(C)n(-c2cc(NCCNC(=O)c3nc4ccccc4s3)ncn2)n1. The van der Waals surface area contributed by atoms with Gasteiger partial charge in [0.1, 0.15) is 12.1 Å². The standard InChI is InChI=1S/C19H19N7OS/c1-12-9-13(2)26(25-12)17-10-16(22-11-23-17)20-7-8-21-18(27)19-24-14-5-3-4-6-15(14)28-19/h3-6,9-11H,7-8H2,1-2H3,(H,21,27)(H,20,22,23). The molecule has 0 atom stereocenters. The van der Waals surface area contributed by atoms with Gasteiger partial charge in [0.15, 0.2) is 10.8 Å². The van der Waals surface area contributed by atoms with E-state index in [2.05, 4.69) is 30.7 Å². The Hall–Kier alpha value is -3.33. The number of para-hydroxylation sites is 1. The fourth-order valence-corrected chi connectivity index (χ4v) is 3.71. The van der Waals surface area contributed by atoms with Crippen LogP contribution in [0.5, 0.6) is 0 Å². The Labute approximate surface area is 165 Å². The van der Waals surface area contributed by atoms with Crippen LogP contribution in [-0.2, 0) is 0 Å². The van der Waals surface area contributed by atoms with Gasteiger partial charge < -0.3 is 10.6 Å². The number of thiazole rings is 1. The molecule has 0 spiro atoms. The number of aryl methyl sites for hydroxylation is 2. The first-order valence-corrected chi connectivity index (χ1v) is 9.65. The predicted molar refractivity (Wildman–Crippen MR) is 109 cm³/mol. The maximum absolute atomic E-state index is 12.3. The highest BCUT2D eigenvalue weighted by molar-refractivity contribution is 7.20. The number of benzene rings is 1. The normalized spacial score (nSPS) is 10.9. The van der Waals surface area contributed by atoms with Gasteiger partial charge in [-0.05, 0) is 32.0 Å². The molecule has 3 aromatic heterocycles. The summed E-state index contributed by atoms with van der Waals surface area (Å²) in [5.41, 5.74) is 2.78. The second kappa shape index (κ2) is 7.73. The van der Waals surface area contributed by atoms with Gasteiger partial charge in [-0.25, -0.2) is 19.6 Å². The second-order valence-corrected chi connectivity index (χ2v) is 7.30. The first kappa shape index (κ1) is 18.1. The molecule has 8 nitrogen and oxygen atoms in total. The average molecular weight is 393 g/mol. The molecule has 0 saturated heterocycles. The van der Waals surface area contributed by atoms with Gasteiger partial charge in [-0.3, -0.25) is 4.79 Å². The van der Waals surface area contributed by atoms with Gasteiger partial charge >= 0.3 is 0 Å². The van der Waals surface area contributed by atoms with Crippen LogP contribution >= 0.6 is 11.3 Å². The zero-order valence-electron chi connectivity index (χ0n) is 15.5. The molecule has 9 heteroatoms. The lowest BCUT2D eigenvalue weighted by Crippen LogP contribution is -2.28. The van der Waals surface area contributed by atoms with Crippen LogP contribution in [0, 0.1) is 13.8 Å². The van der Waals surface area contributed by atoms with Crippen molar-refractivity contribution in [2.45, 2.75) is 13.8 Å². The molecule has 1 amide bonds. The van der Waals surface area contributed by atoms with E-state index in [1.54, 1.807) is 4.68 Å². The lowest BCUT2D eigenvalue weighted by atomic mass is 10.3. The highest BCUT2D eigenvalue weighted by Gasteiger charge is 2.11. The molecule has 4 rings (SSSR count). The molecular weight excluding hydrogens is 374 g/mol. The van der Waals surface area contributed by atoms with Crippen molar-refractivity contribution >= 4 is 33.3 Å². The summed E-state index contributed by atoms with van der Waals surface area (Å²) in [6.45, 7) is 4.91. The molecule has 0 aliphatic heterocycles. The van der Waals surface area contributed by atoms with Crippen molar-refractivity contribution in [3.05, 3.63) is 59.1 Å². The quantitative estimate of drug-likeness (QED) is 0.489. The predicted octanol–water partition coefficient (Wildman–Crippen LogP) is 2.73. The van der Waals surface area contributed by atoms with Crippen molar-refractivity contribution in [1.82, 2.24) is 30.0 Å². The van der Waals surface area contributed by atoms with Crippen LogP contribution in [0.2, 0.25) is 0 Å². The Morgan fingerprint density at radius 1 is 1.14 bits per heavy atom. The summed E-state index contributed by atoms with van der Waals surface area (Å²) in [6, 6.07) is 11.5. The molecule has 0 unspecified atom stereocenters. The van der Waals surface area contributed by atoms with Crippen molar-refractivity contribution in [2.24, 2.45) is 0 Å². The molecule has 28 heavy (non-hydrogen) atoms. The maximum atomic E-state index is 12.3. The van der Waals surface area contributed by atoms with Crippen molar-refractivity contribution in [3.63, 3.8) is 0 Å². The van der Waals surface area contributed by atoms with Crippen LogP contribution in [0.4, 0.5) is 5.82 Å². The zero-order valence-corrected chi connectivity index (χ0v) is 16.3.